The molecule has 0 bridgehead atoms. The van der Waals surface area contributed by atoms with Gasteiger partial charge in [-0.15, -0.1) is 0 Å². The van der Waals surface area contributed by atoms with Crippen molar-refractivity contribution in [2.45, 2.75) is 44.6 Å². The standard InChI is InChI=1S/C22H21N3O2/c1-13-23-17-10-18(25-9-7-19(25)26)16-6-8-22(27-21(16)20(17)24-13)11-14-4-2-3-5-15(14)12-22/h2-5,10H,6-9,11-12H2,1H3,(H,23,24). The summed E-state index contributed by atoms with van der Waals surface area (Å²) in [6.45, 7) is 2.76. The number of ether oxygens (including phenoxy) is 1. The summed E-state index contributed by atoms with van der Waals surface area (Å²) >= 11 is 0. The van der Waals surface area contributed by atoms with Crippen molar-refractivity contribution < 1.29 is 9.53 Å². The van der Waals surface area contributed by atoms with E-state index in [4.69, 9.17) is 9.72 Å². The monoisotopic (exact) mass is 359 g/mol. The van der Waals surface area contributed by atoms with Crippen LogP contribution in [0.15, 0.2) is 30.3 Å². The van der Waals surface area contributed by atoms with E-state index in [-0.39, 0.29) is 11.5 Å². The Kier molecular flexibility index (Phi) is 2.90. The molecule has 5 nitrogen and oxygen atoms in total. The topological polar surface area (TPSA) is 58.2 Å². The van der Waals surface area contributed by atoms with Gasteiger partial charge in [-0.05, 0) is 37.0 Å². The second-order valence-corrected chi connectivity index (χ2v) is 8.12. The number of imidazole rings is 1. The number of benzene rings is 2. The van der Waals surface area contributed by atoms with E-state index >= 15 is 0 Å². The Hall–Kier alpha value is -2.82. The Labute approximate surface area is 157 Å². The highest BCUT2D eigenvalue weighted by Gasteiger charge is 2.44. The molecule has 6 rings (SSSR count). The number of hydrogen-bond donors (Lipinski definition) is 1. The number of rotatable bonds is 1. The smallest absolute Gasteiger partial charge is 0.228 e. The van der Waals surface area contributed by atoms with Crippen LogP contribution in [0.5, 0.6) is 5.75 Å². The van der Waals surface area contributed by atoms with Crippen LogP contribution in [-0.4, -0.2) is 28.0 Å². The van der Waals surface area contributed by atoms with E-state index in [2.05, 4.69) is 35.3 Å². The van der Waals surface area contributed by atoms with E-state index < -0.39 is 0 Å². The Morgan fingerprint density at radius 3 is 2.63 bits per heavy atom. The molecule has 1 spiro atoms. The van der Waals surface area contributed by atoms with E-state index in [0.29, 0.717) is 6.42 Å². The number of carbonyl (C=O) groups excluding carboxylic acids is 1. The number of anilines is 1. The van der Waals surface area contributed by atoms with Gasteiger partial charge >= 0.3 is 0 Å². The fourth-order valence-corrected chi connectivity index (χ4v) is 4.96. The van der Waals surface area contributed by atoms with Gasteiger partial charge in [0.2, 0.25) is 5.91 Å². The van der Waals surface area contributed by atoms with Crippen molar-refractivity contribution in [1.82, 2.24) is 9.97 Å². The first-order valence-corrected chi connectivity index (χ1v) is 9.70. The molecule has 1 saturated heterocycles. The molecule has 0 radical (unpaired) electrons. The molecular weight excluding hydrogens is 338 g/mol. The van der Waals surface area contributed by atoms with Crippen LogP contribution < -0.4 is 9.64 Å². The van der Waals surface area contributed by atoms with Crippen molar-refractivity contribution in [3.8, 4) is 5.75 Å². The maximum Gasteiger partial charge on any atom is 0.228 e. The van der Waals surface area contributed by atoms with Gasteiger partial charge in [-0.25, -0.2) is 4.98 Å². The first kappa shape index (κ1) is 15.3. The first-order valence-electron chi connectivity index (χ1n) is 9.70. The molecular formula is C22H21N3O2. The number of carbonyl (C=O) groups is 1. The summed E-state index contributed by atoms with van der Waals surface area (Å²) in [7, 11) is 0. The minimum Gasteiger partial charge on any atom is -0.484 e. The summed E-state index contributed by atoms with van der Waals surface area (Å²) in [6, 6.07) is 10.7. The molecule has 2 aliphatic heterocycles. The van der Waals surface area contributed by atoms with Crippen molar-refractivity contribution in [2.24, 2.45) is 0 Å². The van der Waals surface area contributed by atoms with Crippen molar-refractivity contribution in [1.29, 1.82) is 0 Å². The van der Waals surface area contributed by atoms with E-state index in [1.165, 1.54) is 11.1 Å². The van der Waals surface area contributed by atoms with E-state index in [1.807, 2.05) is 11.8 Å². The van der Waals surface area contributed by atoms with Crippen LogP contribution in [0.2, 0.25) is 0 Å². The third kappa shape index (κ3) is 2.11. The number of β-lactam (4-membered cyclic amide) rings is 1. The van der Waals surface area contributed by atoms with Gasteiger partial charge in [0.15, 0.2) is 5.75 Å². The number of aryl methyl sites for hydroxylation is 1. The van der Waals surface area contributed by atoms with Crippen molar-refractivity contribution in [2.75, 3.05) is 11.4 Å². The number of nitrogens with zero attached hydrogens (tertiary/aromatic N) is 2. The molecule has 2 aromatic carbocycles. The number of fused-ring (bicyclic) bond motifs is 4. The van der Waals surface area contributed by atoms with Gasteiger partial charge in [-0.2, -0.15) is 0 Å². The lowest BCUT2D eigenvalue weighted by atomic mass is 9.87. The highest BCUT2D eigenvalue weighted by atomic mass is 16.5. The van der Waals surface area contributed by atoms with Gasteiger partial charge in [-0.1, -0.05) is 24.3 Å². The number of hydrogen-bond acceptors (Lipinski definition) is 3. The van der Waals surface area contributed by atoms with Crippen LogP contribution in [0.3, 0.4) is 0 Å². The van der Waals surface area contributed by atoms with Crippen LogP contribution >= 0.6 is 0 Å². The molecule has 0 atom stereocenters. The van der Waals surface area contributed by atoms with Crippen LogP contribution in [-0.2, 0) is 24.1 Å². The fourth-order valence-electron chi connectivity index (χ4n) is 4.96. The largest absolute Gasteiger partial charge is 0.484 e. The third-order valence-corrected chi connectivity index (χ3v) is 6.36. The first-order chi connectivity index (χ1) is 13.1. The number of aromatic nitrogens is 2. The van der Waals surface area contributed by atoms with Gasteiger partial charge in [0, 0.05) is 31.4 Å². The number of nitrogens with one attached hydrogen (secondary N) is 1. The molecule has 5 heteroatoms. The molecule has 1 aliphatic carbocycles. The summed E-state index contributed by atoms with van der Waals surface area (Å²) in [5.41, 5.74) is 6.59. The quantitative estimate of drug-likeness (QED) is 0.677. The lowest BCUT2D eigenvalue weighted by Crippen LogP contribution is -2.45. The number of amides is 1. The van der Waals surface area contributed by atoms with Crippen molar-refractivity contribution in [3.05, 3.63) is 52.8 Å². The lowest BCUT2D eigenvalue weighted by molar-refractivity contribution is -0.122. The lowest BCUT2D eigenvalue weighted by Gasteiger charge is -2.39. The second-order valence-electron chi connectivity index (χ2n) is 8.12. The molecule has 1 fully saturated rings. The van der Waals surface area contributed by atoms with Crippen molar-refractivity contribution >= 4 is 22.6 Å². The fraction of sp³-hybridized carbons (Fsp3) is 0.364. The minimum absolute atomic E-state index is 0.186. The zero-order valence-corrected chi connectivity index (χ0v) is 15.3. The molecule has 3 heterocycles. The average molecular weight is 359 g/mol. The van der Waals surface area contributed by atoms with Gasteiger partial charge in [0.05, 0.1) is 11.2 Å². The van der Waals surface area contributed by atoms with Gasteiger partial charge in [0.25, 0.3) is 0 Å². The molecule has 136 valence electrons. The Morgan fingerprint density at radius 1 is 1.19 bits per heavy atom. The zero-order valence-electron chi connectivity index (χ0n) is 15.3. The maximum absolute atomic E-state index is 12.1. The Morgan fingerprint density at radius 2 is 1.96 bits per heavy atom. The molecule has 27 heavy (non-hydrogen) atoms. The molecule has 0 unspecified atom stereocenters. The number of aromatic amines is 1. The Bertz CT molecular complexity index is 1090. The highest BCUT2D eigenvalue weighted by molar-refractivity contribution is 6.03. The summed E-state index contributed by atoms with van der Waals surface area (Å²) in [4.78, 5) is 22.0. The van der Waals surface area contributed by atoms with Gasteiger partial charge in [0.1, 0.15) is 16.9 Å². The van der Waals surface area contributed by atoms with Crippen LogP contribution in [0, 0.1) is 6.92 Å². The molecule has 1 amide bonds. The third-order valence-electron chi connectivity index (χ3n) is 6.36. The van der Waals surface area contributed by atoms with Crippen molar-refractivity contribution in [3.63, 3.8) is 0 Å². The average Bonchev–Trinajstić information content (AvgIpc) is 3.19. The second kappa shape index (κ2) is 5.12. The summed E-state index contributed by atoms with van der Waals surface area (Å²) in [6.07, 6.45) is 4.42. The highest BCUT2D eigenvalue weighted by Crippen LogP contribution is 2.48. The molecule has 0 saturated carbocycles. The normalized spacial score (nSPS) is 19.7. The summed E-state index contributed by atoms with van der Waals surface area (Å²) < 4.78 is 6.76. The Balaban J connectivity index is 1.49. The predicted octanol–water partition coefficient (Wildman–Crippen LogP) is 3.47. The summed E-state index contributed by atoms with van der Waals surface area (Å²) in [5, 5.41) is 0. The van der Waals surface area contributed by atoms with E-state index in [0.717, 1.165) is 66.1 Å². The zero-order chi connectivity index (χ0) is 18.2. The van der Waals surface area contributed by atoms with Gasteiger partial charge in [-0.3, -0.25) is 4.79 Å². The van der Waals surface area contributed by atoms with Gasteiger partial charge < -0.3 is 14.6 Å². The molecule has 3 aliphatic rings. The number of H-pyrrole nitrogens is 1. The van der Waals surface area contributed by atoms with Crippen LogP contribution in [0.1, 0.15) is 35.4 Å². The maximum atomic E-state index is 12.1. The van der Waals surface area contributed by atoms with Crippen LogP contribution in [0.4, 0.5) is 5.69 Å². The SMILES string of the molecule is Cc1nc2c3c(c(N4CCC4=O)cc2[nH]1)CCC1(Cc2ccccc2C1)O3. The van der Waals surface area contributed by atoms with E-state index in [9.17, 15) is 4.79 Å². The minimum atomic E-state index is -0.186. The van der Waals surface area contributed by atoms with E-state index in [1.54, 1.807) is 0 Å². The molecule has 1 N–H and O–H groups in total. The summed E-state index contributed by atoms with van der Waals surface area (Å²) in [5.74, 6) is 1.95. The molecule has 3 aromatic rings. The van der Waals surface area contributed by atoms with Crippen LogP contribution in [0.25, 0.3) is 11.0 Å². The predicted molar refractivity (Wildman–Crippen MR) is 103 cm³/mol. The molecule has 1 aromatic heterocycles.